The average Bonchev–Trinajstić information content (AvgIpc) is 3.30. The Morgan fingerprint density at radius 2 is 0.609 bits per heavy atom. The van der Waals surface area contributed by atoms with Gasteiger partial charge in [-0.3, -0.25) is 9.59 Å². The zero-order valence-electron chi connectivity index (χ0n) is 43.6. The van der Waals surface area contributed by atoms with Crippen molar-refractivity contribution in [3.63, 3.8) is 0 Å². The van der Waals surface area contributed by atoms with E-state index in [1.54, 1.807) is 0 Å². The number of carbonyl (C=O) groups is 2. The van der Waals surface area contributed by atoms with Gasteiger partial charge in [0.1, 0.15) is 6.61 Å². The van der Waals surface area contributed by atoms with E-state index in [9.17, 15) is 9.59 Å². The second-order valence-corrected chi connectivity index (χ2v) is 19.5. The molecule has 0 fully saturated rings. The number of carbonyl (C=O) groups excluding carboxylic acids is 2. The van der Waals surface area contributed by atoms with Crippen molar-refractivity contribution >= 4 is 11.9 Å². The van der Waals surface area contributed by atoms with Crippen molar-refractivity contribution in [1.29, 1.82) is 0 Å². The topological polar surface area (TPSA) is 61.8 Å². The van der Waals surface area contributed by atoms with Gasteiger partial charge in [-0.1, -0.05) is 257 Å². The third-order valence-corrected chi connectivity index (χ3v) is 13.0. The molecule has 0 spiro atoms. The fraction of sp³-hybridized carbons (Fsp3) is 0.898. The van der Waals surface area contributed by atoms with Crippen LogP contribution in [0.1, 0.15) is 316 Å². The zero-order chi connectivity index (χ0) is 46.3. The molecule has 0 aliphatic carbocycles. The summed E-state index contributed by atoms with van der Waals surface area (Å²) in [4.78, 5) is 25.5. The van der Waals surface area contributed by atoms with Crippen molar-refractivity contribution in [1.82, 2.24) is 0 Å². The highest BCUT2D eigenvalue weighted by atomic mass is 16.6. The molecule has 0 saturated heterocycles. The van der Waals surface area contributed by atoms with Crippen molar-refractivity contribution in [2.75, 3.05) is 19.8 Å². The van der Waals surface area contributed by atoms with E-state index in [-0.39, 0.29) is 18.5 Å². The van der Waals surface area contributed by atoms with Crippen LogP contribution in [-0.4, -0.2) is 37.9 Å². The van der Waals surface area contributed by atoms with Crippen molar-refractivity contribution in [3.05, 3.63) is 24.3 Å². The summed E-state index contributed by atoms with van der Waals surface area (Å²) in [6.45, 7) is 7.88. The number of hydrogen-bond donors (Lipinski definition) is 0. The quantitative estimate of drug-likeness (QED) is 0.0346. The number of ether oxygens (including phenoxy) is 3. The highest BCUT2D eigenvalue weighted by Gasteiger charge is 2.17. The molecule has 0 heterocycles. The first-order valence-electron chi connectivity index (χ1n) is 28.9. The summed E-state index contributed by atoms with van der Waals surface area (Å²) in [5.74, 6) is -0.386. The van der Waals surface area contributed by atoms with Crippen molar-refractivity contribution in [2.45, 2.75) is 322 Å². The number of hydrogen-bond acceptors (Lipinski definition) is 5. The SMILES string of the molecule is CCCCCCCC/C=C\CCCCCCCCCC(=O)OCC(COCCCCCCCCCCCCCCCC)OC(=O)CCCCCCCCC/C=C\CCCCCCCC. The molecule has 0 N–H and O–H groups in total. The molecule has 0 radical (unpaired) electrons. The van der Waals surface area contributed by atoms with Gasteiger partial charge in [-0.05, 0) is 70.6 Å². The van der Waals surface area contributed by atoms with Crippen molar-refractivity contribution < 1.29 is 23.8 Å². The highest BCUT2D eigenvalue weighted by molar-refractivity contribution is 5.70. The Labute approximate surface area is 400 Å². The molecule has 0 aliphatic rings. The Kier molecular flexibility index (Phi) is 54.3. The lowest BCUT2D eigenvalue weighted by molar-refractivity contribution is -0.163. The first-order valence-corrected chi connectivity index (χ1v) is 28.9. The van der Waals surface area contributed by atoms with E-state index in [2.05, 4.69) is 45.1 Å². The average molecular weight is 902 g/mol. The summed E-state index contributed by atoms with van der Waals surface area (Å²) >= 11 is 0. The van der Waals surface area contributed by atoms with Gasteiger partial charge in [0.2, 0.25) is 0 Å². The summed E-state index contributed by atoms with van der Waals surface area (Å²) in [5, 5.41) is 0. The van der Waals surface area contributed by atoms with E-state index >= 15 is 0 Å². The van der Waals surface area contributed by atoms with E-state index < -0.39 is 6.10 Å². The maximum atomic E-state index is 12.8. The molecule has 0 aromatic carbocycles. The molecule has 0 aliphatic heterocycles. The number of rotatable bonds is 54. The van der Waals surface area contributed by atoms with Crippen LogP contribution in [0.3, 0.4) is 0 Å². The van der Waals surface area contributed by atoms with E-state index in [0.717, 1.165) is 32.1 Å². The fourth-order valence-corrected chi connectivity index (χ4v) is 8.62. The van der Waals surface area contributed by atoms with Gasteiger partial charge < -0.3 is 14.2 Å². The minimum atomic E-state index is -0.534. The summed E-state index contributed by atoms with van der Waals surface area (Å²) < 4.78 is 17.5. The van der Waals surface area contributed by atoms with Crippen LogP contribution in [0.5, 0.6) is 0 Å². The van der Waals surface area contributed by atoms with Gasteiger partial charge in [-0.2, -0.15) is 0 Å². The molecular formula is C59H112O5. The third-order valence-electron chi connectivity index (χ3n) is 13.0. The van der Waals surface area contributed by atoms with E-state index in [1.807, 2.05) is 0 Å². The minimum Gasteiger partial charge on any atom is -0.462 e. The van der Waals surface area contributed by atoms with E-state index in [0.29, 0.717) is 26.1 Å². The maximum Gasteiger partial charge on any atom is 0.306 e. The molecule has 0 amide bonds. The number of unbranched alkanes of at least 4 members (excludes halogenated alkanes) is 39. The predicted octanol–water partition coefficient (Wildman–Crippen LogP) is 19.6. The summed E-state index contributed by atoms with van der Waals surface area (Å²) in [7, 11) is 0. The normalized spacial score (nSPS) is 12.2. The Bertz CT molecular complexity index is 974. The van der Waals surface area contributed by atoms with Gasteiger partial charge in [0.25, 0.3) is 0 Å². The monoisotopic (exact) mass is 901 g/mol. The van der Waals surface area contributed by atoms with Crippen LogP contribution in [0.15, 0.2) is 24.3 Å². The lowest BCUT2D eigenvalue weighted by atomic mass is 10.0. The van der Waals surface area contributed by atoms with Gasteiger partial charge in [0.05, 0.1) is 6.61 Å². The largest absolute Gasteiger partial charge is 0.462 e. The van der Waals surface area contributed by atoms with Crippen LogP contribution < -0.4 is 0 Å². The molecule has 0 aromatic rings. The molecule has 5 nitrogen and oxygen atoms in total. The maximum absolute atomic E-state index is 12.8. The second kappa shape index (κ2) is 55.7. The van der Waals surface area contributed by atoms with Crippen molar-refractivity contribution in [2.24, 2.45) is 0 Å². The number of allylic oxidation sites excluding steroid dienone is 4. The molecule has 0 rings (SSSR count). The van der Waals surface area contributed by atoms with Gasteiger partial charge in [0, 0.05) is 19.4 Å². The van der Waals surface area contributed by atoms with Crippen LogP contribution in [0.25, 0.3) is 0 Å². The summed E-state index contributed by atoms with van der Waals surface area (Å²) in [6.07, 6.45) is 66.2. The van der Waals surface area contributed by atoms with Crippen LogP contribution >= 0.6 is 0 Å². The molecule has 1 unspecified atom stereocenters. The Hall–Kier alpha value is -1.62. The van der Waals surface area contributed by atoms with E-state index in [4.69, 9.17) is 14.2 Å². The Morgan fingerprint density at radius 1 is 0.328 bits per heavy atom. The predicted molar refractivity (Wildman–Crippen MR) is 279 cm³/mol. The molecule has 378 valence electrons. The lowest BCUT2D eigenvalue weighted by Crippen LogP contribution is -2.30. The Morgan fingerprint density at radius 3 is 0.953 bits per heavy atom. The second-order valence-electron chi connectivity index (χ2n) is 19.5. The molecule has 5 heteroatoms. The lowest BCUT2D eigenvalue weighted by Gasteiger charge is -2.18. The smallest absolute Gasteiger partial charge is 0.306 e. The molecule has 0 aromatic heterocycles. The molecular weight excluding hydrogens is 789 g/mol. The van der Waals surface area contributed by atoms with Gasteiger partial charge in [-0.15, -0.1) is 0 Å². The standard InChI is InChI=1S/C59H112O5/c1-4-7-10-13-16-19-22-25-28-30-32-34-37-40-43-46-49-52-58(60)63-56-57(55-62-54-51-48-45-42-39-36-27-24-21-18-15-12-9-6-3)64-59(61)53-50-47-44-41-38-35-33-31-29-26-23-20-17-14-11-8-5-2/h25-26,28-29,57H,4-24,27,30-56H2,1-3H3/b28-25-,29-26-. The highest BCUT2D eigenvalue weighted by Crippen LogP contribution is 2.16. The number of esters is 2. The first-order chi connectivity index (χ1) is 31.6. The van der Waals surface area contributed by atoms with Gasteiger partial charge in [-0.25, -0.2) is 0 Å². The Balaban J connectivity index is 4.23. The zero-order valence-corrected chi connectivity index (χ0v) is 43.6. The molecule has 0 saturated carbocycles. The van der Waals surface area contributed by atoms with Gasteiger partial charge >= 0.3 is 11.9 Å². The van der Waals surface area contributed by atoms with Crippen LogP contribution in [0.2, 0.25) is 0 Å². The summed E-state index contributed by atoms with van der Waals surface area (Å²) in [6, 6.07) is 0. The molecule has 0 bridgehead atoms. The molecule has 1 atom stereocenters. The van der Waals surface area contributed by atoms with E-state index in [1.165, 1.54) is 250 Å². The van der Waals surface area contributed by atoms with Crippen LogP contribution in [0.4, 0.5) is 0 Å². The summed E-state index contributed by atoms with van der Waals surface area (Å²) in [5.41, 5.74) is 0. The first kappa shape index (κ1) is 62.4. The van der Waals surface area contributed by atoms with Crippen LogP contribution in [0, 0.1) is 0 Å². The third kappa shape index (κ3) is 53.0. The minimum absolute atomic E-state index is 0.0882. The molecule has 64 heavy (non-hydrogen) atoms. The van der Waals surface area contributed by atoms with Crippen LogP contribution in [-0.2, 0) is 23.8 Å². The van der Waals surface area contributed by atoms with Crippen molar-refractivity contribution in [3.8, 4) is 0 Å². The fourth-order valence-electron chi connectivity index (χ4n) is 8.62. The van der Waals surface area contributed by atoms with Gasteiger partial charge in [0.15, 0.2) is 6.10 Å².